The number of nitrogens with one attached hydrogen (secondary N) is 3. The van der Waals surface area contributed by atoms with Crippen LogP contribution in [-0.4, -0.2) is 35.9 Å². The van der Waals surface area contributed by atoms with E-state index in [1.165, 1.54) is 19.3 Å². The molecule has 2 heterocycles. The Morgan fingerprint density at radius 2 is 1.73 bits per heavy atom. The Balaban J connectivity index is 2.01. The zero-order valence-corrected chi connectivity index (χ0v) is 17.9. The van der Waals surface area contributed by atoms with Crippen molar-refractivity contribution in [2.75, 3.05) is 24.8 Å². The number of rotatable bonds is 6. The molecule has 33 heavy (non-hydrogen) atoms. The summed E-state index contributed by atoms with van der Waals surface area (Å²) in [6, 6.07) is 10.4. The molecule has 3 rings (SSSR count). The summed E-state index contributed by atoms with van der Waals surface area (Å²) in [6.07, 6.45) is -3.46. The van der Waals surface area contributed by atoms with Crippen LogP contribution in [0.4, 0.5) is 30.4 Å². The Kier molecular flexibility index (Phi) is 6.80. The maximum absolute atomic E-state index is 13.2. The van der Waals surface area contributed by atoms with Gasteiger partial charge >= 0.3 is 6.18 Å². The molecule has 0 fully saturated rings. The molecule has 0 atom stereocenters. The van der Waals surface area contributed by atoms with Crippen molar-refractivity contribution < 1.29 is 27.5 Å². The number of carbonyl (C=O) groups is 2. The predicted molar refractivity (Wildman–Crippen MR) is 116 cm³/mol. The van der Waals surface area contributed by atoms with Gasteiger partial charge in [-0.3, -0.25) is 9.59 Å². The van der Waals surface area contributed by atoms with Crippen molar-refractivity contribution >= 4 is 29.0 Å². The van der Waals surface area contributed by atoms with Crippen LogP contribution in [0.1, 0.15) is 32.0 Å². The van der Waals surface area contributed by atoms with Crippen molar-refractivity contribution in [1.29, 1.82) is 0 Å². The van der Waals surface area contributed by atoms with E-state index in [2.05, 4.69) is 25.9 Å². The molecule has 0 aliphatic carbocycles. The highest BCUT2D eigenvalue weighted by Crippen LogP contribution is 2.31. The lowest BCUT2D eigenvalue weighted by atomic mass is 10.1. The number of pyridine rings is 2. The summed E-state index contributed by atoms with van der Waals surface area (Å²) in [5, 5.41) is 8.04. The SMILES string of the molecule is CNC(=O)c1cnc(Nc2ccccc2C)c(NC(=O)c2cc(OC)nc(C(F)(F)F)c2)c1. The zero-order valence-electron chi connectivity index (χ0n) is 17.9. The lowest BCUT2D eigenvalue weighted by Crippen LogP contribution is -2.20. The number of anilines is 3. The van der Waals surface area contributed by atoms with Crippen LogP contribution in [-0.2, 0) is 6.18 Å². The third kappa shape index (κ3) is 5.56. The minimum atomic E-state index is -4.78. The van der Waals surface area contributed by atoms with Crippen LogP contribution < -0.4 is 20.7 Å². The van der Waals surface area contributed by atoms with Gasteiger partial charge in [0.25, 0.3) is 11.8 Å². The number of ether oxygens (including phenoxy) is 1. The van der Waals surface area contributed by atoms with Gasteiger partial charge in [0, 0.05) is 30.6 Å². The third-order valence-corrected chi connectivity index (χ3v) is 4.59. The number of alkyl halides is 3. The van der Waals surface area contributed by atoms with Gasteiger partial charge in [0.2, 0.25) is 5.88 Å². The Morgan fingerprint density at radius 3 is 2.36 bits per heavy atom. The van der Waals surface area contributed by atoms with Gasteiger partial charge in [0.1, 0.15) is 5.69 Å². The molecule has 0 unspecified atom stereocenters. The molecule has 0 saturated carbocycles. The van der Waals surface area contributed by atoms with Crippen LogP contribution in [0.15, 0.2) is 48.7 Å². The van der Waals surface area contributed by atoms with Crippen LogP contribution in [0.25, 0.3) is 0 Å². The number of amides is 2. The smallest absolute Gasteiger partial charge is 0.433 e. The number of para-hydroxylation sites is 1. The molecule has 1 aromatic carbocycles. The summed E-state index contributed by atoms with van der Waals surface area (Å²) in [4.78, 5) is 32.5. The lowest BCUT2D eigenvalue weighted by Gasteiger charge is -2.15. The summed E-state index contributed by atoms with van der Waals surface area (Å²) in [5.74, 6) is -1.50. The molecule has 8 nitrogen and oxygen atoms in total. The number of methoxy groups -OCH3 is 1. The van der Waals surface area contributed by atoms with Gasteiger partial charge in [-0.25, -0.2) is 9.97 Å². The largest absolute Gasteiger partial charge is 0.481 e. The number of halogens is 3. The second-order valence-electron chi connectivity index (χ2n) is 6.87. The van der Waals surface area contributed by atoms with Crippen LogP contribution in [0.5, 0.6) is 5.88 Å². The van der Waals surface area contributed by atoms with Gasteiger partial charge in [-0.2, -0.15) is 13.2 Å². The monoisotopic (exact) mass is 459 g/mol. The molecule has 0 spiro atoms. The number of nitrogens with zero attached hydrogens (tertiary/aromatic N) is 2. The fourth-order valence-electron chi connectivity index (χ4n) is 2.85. The number of aryl methyl sites for hydroxylation is 1. The molecule has 3 aromatic rings. The maximum atomic E-state index is 13.2. The van der Waals surface area contributed by atoms with E-state index in [0.29, 0.717) is 11.8 Å². The average molecular weight is 459 g/mol. The molecule has 0 aliphatic rings. The fraction of sp³-hybridized carbons (Fsp3) is 0.182. The van der Waals surface area contributed by atoms with E-state index in [4.69, 9.17) is 4.74 Å². The van der Waals surface area contributed by atoms with Gasteiger partial charge in [-0.1, -0.05) is 18.2 Å². The summed E-state index contributed by atoms with van der Waals surface area (Å²) in [5.41, 5.74) is 0.211. The lowest BCUT2D eigenvalue weighted by molar-refractivity contribution is -0.141. The van der Waals surface area contributed by atoms with Crippen molar-refractivity contribution in [3.05, 3.63) is 71.0 Å². The van der Waals surface area contributed by atoms with Crippen LogP contribution >= 0.6 is 0 Å². The van der Waals surface area contributed by atoms with Gasteiger partial charge in [0.05, 0.1) is 18.4 Å². The highest BCUT2D eigenvalue weighted by molar-refractivity contribution is 6.07. The summed E-state index contributed by atoms with van der Waals surface area (Å²) in [7, 11) is 2.58. The van der Waals surface area contributed by atoms with E-state index in [0.717, 1.165) is 18.7 Å². The topological polar surface area (TPSA) is 105 Å². The normalized spacial score (nSPS) is 11.0. The molecular weight excluding hydrogens is 439 g/mol. The number of carbonyl (C=O) groups excluding carboxylic acids is 2. The first-order valence-electron chi connectivity index (χ1n) is 9.61. The van der Waals surface area contributed by atoms with E-state index in [1.807, 2.05) is 19.1 Å². The fourth-order valence-corrected chi connectivity index (χ4v) is 2.85. The van der Waals surface area contributed by atoms with Crippen molar-refractivity contribution in [1.82, 2.24) is 15.3 Å². The Hall–Kier alpha value is -4.15. The van der Waals surface area contributed by atoms with E-state index in [-0.39, 0.29) is 28.5 Å². The van der Waals surface area contributed by atoms with Crippen LogP contribution in [0.2, 0.25) is 0 Å². The molecule has 0 bridgehead atoms. The van der Waals surface area contributed by atoms with E-state index in [1.54, 1.807) is 12.1 Å². The molecule has 0 saturated heterocycles. The number of hydrogen-bond acceptors (Lipinski definition) is 6. The van der Waals surface area contributed by atoms with E-state index >= 15 is 0 Å². The van der Waals surface area contributed by atoms with Crippen molar-refractivity contribution in [2.45, 2.75) is 13.1 Å². The molecule has 0 radical (unpaired) electrons. The quantitative estimate of drug-likeness (QED) is 0.511. The first-order valence-corrected chi connectivity index (χ1v) is 9.61. The van der Waals surface area contributed by atoms with E-state index < -0.39 is 23.7 Å². The second-order valence-corrected chi connectivity index (χ2v) is 6.87. The van der Waals surface area contributed by atoms with Crippen molar-refractivity contribution in [3.63, 3.8) is 0 Å². The molecular formula is C22H20F3N5O3. The maximum Gasteiger partial charge on any atom is 0.433 e. The first kappa shape index (κ1) is 23.5. The summed E-state index contributed by atoms with van der Waals surface area (Å²) >= 11 is 0. The first-order chi connectivity index (χ1) is 15.6. The van der Waals surface area contributed by atoms with Crippen LogP contribution in [0.3, 0.4) is 0 Å². The van der Waals surface area contributed by atoms with Crippen molar-refractivity contribution in [2.24, 2.45) is 0 Å². The Morgan fingerprint density at radius 1 is 1.00 bits per heavy atom. The second kappa shape index (κ2) is 9.55. The van der Waals surface area contributed by atoms with Gasteiger partial charge in [0.15, 0.2) is 5.82 Å². The molecule has 11 heteroatoms. The minimum Gasteiger partial charge on any atom is -0.481 e. The molecule has 2 aromatic heterocycles. The van der Waals surface area contributed by atoms with Gasteiger partial charge < -0.3 is 20.7 Å². The van der Waals surface area contributed by atoms with Gasteiger partial charge in [-0.05, 0) is 30.7 Å². The van der Waals surface area contributed by atoms with E-state index in [9.17, 15) is 22.8 Å². The third-order valence-electron chi connectivity index (χ3n) is 4.59. The zero-order chi connectivity index (χ0) is 24.2. The Bertz CT molecular complexity index is 1200. The minimum absolute atomic E-state index is 0.0914. The van der Waals surface area contributed by atoms with Crippen LogP contribution in [0, 0.1) is 6.92 Å². The average Bonchev–Trinajstić information content (AvgIpc) is 2.80. The highest BCUT2D eigenvalue weighted by atomic mass is 19.4. The van der Waals surface area contributed by atoms with Gasteiger partial charge in [-0.15, -0.1) is 0 Å². The Labute approximate surface area is 187 Å². The summed E-state index contributed by atoms with van der Waals surface area (Å²) < 4.78 is 44.4. The number of benzene rings is 1. The predicted octanol–water partition coefficient (Wildman–Crippen LogP) is 4.17. The number of aromatic nitrogens is 2. The van der Waals surface area contributed by atoms with Crippen molar-refractivity contribution in [3.8, 4) is 5.88 Å². The highest BCUT2D eigenvalue weighted by Gasteiger charge is 2.34. The molecule has 172 valence electrons. The molecule has 3 N–H and O–H groups in total. The summed E-state index contributed by atoms with van der Waals surface area (Å²) in [6.45, 7) is 1.86. The molecule has 0 aliphatic heterocycles. The molecule has 2 amide bonds. The standard InChI is InChI=1S/C22H20F3N5O3/c1-12-6-4-5-7-15(12)28-19-16(8-14(11-27-19)20(31)26-2)29-21(32)13-9-17(22(23,24)25)30-18(10-13)33-3/h4-11H,1-3H3,(H,26,31)(H,27,28)(H,29,32). The number of hydrogen-bond donors (Lipinski definition) is 3.